The fraction of sp³-hybridized carbons (Fsp3) is 0. The Hall–Kier alpha value is 0.415. The molecule has 30 valence electrons. The van der Waals surface area contributed by atoms with Crippen LogP contribution in [0.15, 0.2) is 30.3 Å². The van der Waals surface area contributed by atoms with E-state index < -0.39 is 0 Å². The smallest absolute Gasteiger partial charge is 0.184 e. The summed E-state index contributed by atoms with van der Waals surface area (Å²) in [6.45, 7) is 0. The SMILES string of the molecule is [Li+].[Li+].[c-]1ccccc1. The molecular formula is C6H5Li2+. The van der Waals surface area contributed by atoms with Crippen LogP contribution in [-0.4, -0.2) is 0 Å². The Labute approximate surface area is 74.0 Å². The van der Waals surface area contributed by atoms with Crippen LogP contribution in [0.4, 0.5) is 0 Å². The summed E-state index contributed by atoms with van der Waals surface area (Å²) in [5.74, 6) is 0. The molecule has 1 aromatic carbocycles. The quantitative estimate of drug-likeness (QED) is 0.223. The molecule has 0 saturated heterocycles. The van der Waals surface area contributed by atoms with E-state index in [2.05, 4.69) is 6.07 Å². The molecule has 0 atom stereocenters. The van der Waals surface area contributed by atoms with E-state index in [1.54, 1.807) is 0 Å². The van der Waals surface area contributed by atoms with Crippen molar-refractivity contribution in [2.45, 2.75) is 0 Å². The summed E-state index contributed by atoms with van der Waals surface area (Å²) in [7, 11) is 0. The van der Waals surface area contributed by atoms with Crippen LogP contribution in [0.25, 0.3) is 0 Å². The summed E-state index contributed by atoms with van der Waals surface area (Å²) in [6, 6.07) is 12.5. The van der Waals surface area contributed by atoms with Gasteiger partial charge in [-0.25, -0.2) is 0 Å². The fourth-order valence-electron chi connectivity index (χ4n) is 0.342. The average Bonchev–Trinajstić information content (AvgIpc) is 1.72. The molecule has 0 bridgehead atoms. The van der Waals surface area contributed by atoms with E-state index in [1.165, 1.54) is 0 Å². The minimum absolute atomic E-state index is 0. The summed E-state index contributed by atoms with van der Waals surface area (Å²) < 4.78 is 0. The summed E-state index contributed by atoms with van der Waals surface area (Å²) in [5.41, 5.74) is 0. The third-order valence-electron chi connectivity index (χ3n) is 0.607. The minimum Gasteiger partial charge on any atom is -0.184 e. The van der Waals surface area contributed by atoms with Crippen molar-refractivity contribution in [3.63, 3.8) is 0 Å². The molecule has 8 heavy (non-hydrogen) atoms. The Morgan fingerprint density at radius 3 is 1.38 bits per heavy atom. The van der Waals surface area contributed by atoms with Gasteiger partial charge in [0.25, 0.3) is 0 Å². The molecule has 0 radical (unpaired) electrons. The zero-order valence-corrected chi connectivity index (χ0v) is 5.39. The molecule has 0 aliphatic rings. The zero-order valence-electron chi connectivity index (χ0n) is 5.39. The largest absolute Gasteiger partial charge is 1.00 e. The molecular weight excluding hydrogens is 85.9 g/mol. The van der Waals surface area contributed by atoms with Gasteiger partial charge in [0.05, 0.1) is 0 Å². The van der Waals surface area contributed by atoms with E-state index >= 15 is 0 Å². The van der Waals surface area contributed by atoms with Gasteiger partial charge in [0.2, 0.25) is 0 Å². The van der Waals surface area contributed by atoms with Crippen molar-refractivity contribution in [1.29, 1.82) is 0 Å². The predicted octanol–water partition coefficient (Wildman–Crippen LogP) is -4.51. The van der Waals surface area contributed by atoms with Gasteiger partial charge in [-0.2, -0.15) is 36.4 Å². The number of hydrogen-bond acceptors (Lipinski definition) is 0. The molecule has 0 aliphatic carbocycles. The van der Waals surface area contributed by atoms with Crippen molar-refractivity contribution in [3.8, 4) is 0 Å². The van der Waals surface area contributed by atoms with Gasteiger partial charge in [-0.05, 0) is 0 Å². The van der Waals surface area contributed by atoms with Gasteiger partial charge < -0.3 is 0 Å². The van der Waals surface area contributed by atoms with Crippen molar-refractivity contribution in [1.82, 2.24) is 0 Å². The summed E-state index contributed by atoms with van der Waals surface area (Å²) in [4.78, 5) is 0. The first-order valence-electron chi connectivity index (χ1n) is 1.91. The van der Waals surface area contributed by atoms with Crippen LogP contribution in [0.5, 0.6) is 0 Å². The first-order valence-corrected chi connectivity index (χ1v) is 1.91. The minimum atomic E-state index is 0. The van der Waals surface area contributed by atoms with Crippen molar-refractivity contribution in [2.24, 2.45) is 0 Å². The topological polar surface area (TPSA) is 0 Å². The average molecular weight is 91.0 g/mol. The monoisotopic (exact) mass is 91.1 g/mol. The van der Waals surface area contributed by atoms with E-state index in [0.717, 1.165) is 0 Å². The van der Waals surface area contributed by atoms with Gasteiger partial charge in [0.1, 0.15) is 0 Å². The number of benzene rings is 1. The zero-order chi connectivity index (χ0) is 4.24. The number of hydrogen-bond donors (Lipinski definition) is 0. The van der Waals surface area contributed by atoms with Gasteiger partial charge in [-0.15, -0.1) is 0 Å². The van der Waals surface area contributed by atoms with Gasteiger partial charge in [-0.3, -0.25) is 0 Å². The molecule has 0 aromatic heterocycles. The maximum Gasteiger partial charge on any atom is 1.00 e. The van der Waals surface area contributed by atoms with Crippen molar-refractivity contribution in [3.05, 3.63) is 36.4 Å². The first-order chi connectivity index (χ1) is 3.00. The molecule has 0 unspecified atom stereocenters. The maximum atomic E-state index is 2.89. The van der Waals surface area contributed by atoms with Gasteiger partial charge in [0, 0.05) is 0 Å². The Morgan fingerprint density at radius 1 is 0.750 bits per heavy atom. The van der Waals surface area contributed by atoms with Crippen LogP contribution in [0, 0.1) is 6.07 Å². The fourth-order valence-corrected chi connectivity index (χ4v) is 0.342. The van der Waals surface area contributed by atoms with Crippen LogP contribution < -0.4 is 37.7 Å². The second kappa shape index (κ2) is 7.41. The first kappa shape index (κ1) is 11.2. The third-order valence-corrected chi connectivity index (χ3v) is 0.607. The standard InChI is InChI=1S/C6H5.2Li/c1-2-4-6-5-3-1;;/h1-5H;;/q-1;2*+1. The Bertz CT molecular complexity index is 78.5. The normalized spacial score (nSPS) is 6.00. The molecule has 2 heteroatoms. The van der Waals surface area contributed by atoms with Crippen LogP contribution in [0.1, 0.15) is 0 Å². The molecule has 1 aromatic rings. The van der Waals surface area contributed by atoms with Crippen LogP contribution in [0.2, 0.25) is 0 Å². The second-order valence-electron chi connectivity index (χ2n) is 1.08. The molecule has 0 spiro atoms. The van der Waals surface area contributed by atoms with Gasteiger partial charge in [0.15, 0.2) is 0 Å². The molecule has 0 N–H and O–H groups in total. The van der Waals surface area contributed by atoms with E-state index in [0.29, 0.717) is 0 Å². The number of rotatable bonds is 0. The molecule has 0 amide bonds. The van der Waals surface area contributed by atoms with Gasteiger partial charge in [-0.1, -0.05) is 0 Å². The van der Waals surface area contributed by atoms with Gasteiger partial charge >= 0.3 is 37.7 Å². The molecule has 0 aliphatic heterocycles. The molecule has 0 saturated carbocycles. The second-order valence-corrected chi connectivity index (χ2v) is 1.08. The van der Waals surface area contributed by atoms with E-state index in [9.17, 15) is 0 Å². The molecule has 0 fully saturated rings. The summed E-state index contributed by atoms with van der Waals surface area (Å²) >= 11 is 0. The van der Waals surface area contributed by atoms with Crippen molar-refractivity contribution in [2.75, 3.05) is 0 Å². The Balaban J connectivity index is 0. The van der Waals surface area contributed by atoms with E-state index in [4.69, 9.17) is 0 Å². The third kappa shape index (κ3) is 4.57. The predicted molar refractivity (Wildman–Crippen MR) is 25.3 cm³/mol. The van der Waals surface area contributed by atoms with Crippen molar-refractivity contribution >= 4 is 0 Å². The van der Waals surface area contributed by atoms with Crippen LogP contribution in [0.3, 0.4) is 0 Å². The van der Waals surface area contributed by atoms with E-state index in [-0.39, 0.29) is 37.7 Å². The maximum absolute atomic E-state index is 2.89. The van der Waals surface area contributed by atoms with Crippen LogP contribution in [-0.2, 0) is 0 Å². The Morgan fingerprint density at radius 2 is 1.25 bits per heavy atom. The molecule has 0 heterocycles. The molecule has 1 rings (SSSR count). The van der Waals surface area contributed by atoms with Crippen molar-refractivity contribution < 1.29 is 37.7 Å². The summed E-state index contributed by atoms with van der Waals surface area (Å²) in [6.07, 6.45) is 0. The van der Waals surface area contributed by atoms with E-state index in [1.807, 2.05) is 30.3 Å². The molecule has 0 nitrogen and oxygen atoms in total. The van der Waals surface area contributed by atoms with Crippen LogP contribution >= 0.6 is 0 Å². The Kier molecular flexibility index (Phi) is 10.4. The summed E-state index contributed by atoms with van der Waals surface area (Å²) in [5, 5.41) is 0.